The van der Waals surface area contributed by atoms with Gasteiger partial charge >= 0.3 is 0 Å². The molecule has 0 bridgehead atoms. The molecule has 6 heteroatoms. The van der Waals surface area contributed by atoms with E-state index in [1.165, 1.54) is 5.56 Å². The van der Waals surface area contributed by atoms with Crippen LogP contribution in [0.15, 0.2) is 22.6 Å². The highest BCUT2D eigenvalue weighted by Gasteiger charge is 2.14. The van der Waals surface area contributed by atoms with Gasteiger partial charge in [0.25, 0.3) is 0 Å². The lowest BCUT2D eigenvalue weighted by Crippen LogP contribution is -2.13. The predicted molar refractivity (Wildman–Crippen MR) is 102 cm³/mol. The Morgan fingerprint density at radius 3 is 2.77 bits per heavy atom. The molecule has 3 aromatic rings. The Balaban J connectivity index is 1.64. The molecule has 0 aliphatic carbocycles. The second-order valence-electron chi connectivity index (χ2n) is 7.19. The summed E-state index contributed by atoms with van der Waals surface area (Å²) in [6.07, 6.45) is 1.11. The molecule has 0 radical (unpaired) electrons. The van der Waals surface area contributed by atoms with Gasteiger partial charge in [-0.05, 0) is 49.9 Å². The lowest BCUT2D eigenvalue weighted by molar-refractivity contribution is -0.116. The Labute approximate surface area is 153 Å². The normalized spacial score (nSPS) is 11.5. The van der Waals surface area contributed by atoms with Crippen LogP contribution in [0, 0.1) is 26.7 Å². The number of rotatable bonds is 6. The highest BCUT2D eigenvalue weighted by atomic mass is 16.3. The van der Waals surface area contributed by atoms with Crippen molar-refractivity contribution in [3.63, 3.8) is 0 Å². The summed E-state index contributed by atoms with van der Waals surface area (Å²) in [5, 5.41) is 7.56. The molecule has 0 saturated carbocycles. The molecule has 2 heterocycles. The van der Waals surface area contributed by atoms with E-state index in [4.69, 9.17) is 4.42 Å². The number of nitrogens with zero attached hydrogens (tertiary/aromatic N) is 3. The summed E-state index contributed by atoms with van der Waals surface area (Å²) < 4.78 is 7.51. The lowest BCUT2D eigenvalue weighted by Gasteiger charge is -2.08. The molecule has 0 aliphatic rings. The highest BCUT2D eigenvalue weighted by molar-refractivity contribution is 5.92. The Morgan fingerprint density at radius 2 is 2.04 bits per heavy atom. The monoisotopic (exact) mass is 354 g/mol. The van der Waals surface area contributed by atoms with Gasteiger partial charge in [-0.1, -0.05) is 13.8 Å². The van der Waals surface area contributed by atoms with Crippen LogP contribution in [-0.4, -0.2) is 20.7 Å². The van der Waals surface area contributed by atoms with Crippen molar-refractivity contribution in [2.75, 3.05) is 5.32 Å². The van der Waals surface area contributed by atoms with E-state index in [1.54, 1.807) is 0 Å². The Morgan fingerprint density at radius 1 is 1.27 bits per heavy atom. The van der Waals surface area contributed by atoms with Gasteiger partial charge in [0, 0.05) is 31.3 Å². The number of carbonyl (C=O) groups excluding carboxylic acids is 1. The summed E-state index contributed by atoms with van der Waals surface area (Å²) in [4.78, 5) is 16.6. The summed E-state index contributed by atoms with van der Waals surface area (Å²) in [5.41, 5.74) is 5.55. The zero-order valence-electron chi connectivity index (χ0n) is 16.1. The summed E-state index contributed by atoms with van der Waals surface area (Å²) in [7, 11) is 0. The average molecular weight is 354 g/mol. The van der Waals surface area contributed by atoms with Crippen LogP contribution in [0.3, 0.4) is 0 Å². The fourth-order valence-electron chi connectivity index (χ4n) is 3.20. The second kappa shape index (κ2) is 7.32. The van der Waals surface area contributed by atoms with E-state index in [0.717, 1.165) is 34.7 Å². The first-order valence-corrected chi connectivity index (χ1v) is 9.03. The number of fused-ring (bicyclic) bond motifs is 1. The van der Waals surface area contributed by atoms with Crippen LogP contribution >= 0.6 is 0 Å². The largest absolute Gasteiger partial charge is 0.441 e. The molecule has 0 fully saturated rings. The number of nitrogens with one attached hydrogen (secondary N) is 1. The van der Waals surface area contributed by atoms with Gasteiger partial charge in [-0.2, -0.15) is 5.10 Å². The van der Waals surface area contributed by atoms with E-state index in [1.807, 2.05) is 36.7 Å². The van der Waals surface area contributed by atoms with Gasteiger partial charge in [-0.25, -0.2) is 4.98 Å². The second-order valence-corrected chi connectivity index (χ2v) is 7.19. The molecule has 0 atom stereocenters. The average Bonchev–Trinajstić information content (AvgIpc) is 3.04. The van der Waals surface area contributed by atoms with Crippen molar-refractivity contribution in [1.82, 2.24) is 14.8 Å². The van der Waals surface area contributed by atoms with Gasteiger partial charge in [0.1, 0.15) is 5.52 Å². The maximum absolute atomic E-state index is 12.4. The van der Waals surface area contributed by atoms with Crippen LogP contribution in [0.1, 0.15) is 43.1 Å². The van der Waals surface area contributed by atoms with Crippen molar-refractivity contribution in [1.29, 1.82) is 0 Å². The lowest BCUT2D eigenvalue weighted by atomic mass is 10.1. The quantitative estimate of drug-likeness (QED) is 0.721. The van der Waals surface area contributed by atoms with Crippen molar-refractivity contribution < 1.29 is 9.21 Å². The van der Waals surface area contributed by atoms with Crippen molar-refractivity contribution in [2.24, 2.45) is 5.92 Å². The molecule has 6 nitrogen and oxygen atoms in total. The third-order valence-electron chi connectivity index (χ3n) is 4.45. The standard InChI is InChI=1S/C20H26N4O2/c1-12(2)11-24-14(4)17(13(3)23-24)7-9-20(25)22-16-6-8-19-18(10-16)21-15(5)26-19/h6,8,10,12H,7,9,11H2,1-5H3,(H,22,25). The van der Waals surface area contributed by atoms with Crippen molar-refractivity contribution in [3.05, 3.63) is 41.0 Å². The number of carbonyl (C=O) groups is 1. The summed E-state index contributed by atoms with van der Waals surface area (Å²) in [6.45, 7) is 11.2. The van der Waals surface area contributed by atoms with Gasteiger partial charge in [-0.15, -0.1) is 0 Å². The number of oxazole rings is 1. The van der Waals surface area contributed by atoms with E-state index >= 15 is 0 Å². The molecule has 138 valence electrons. The third kappa shape index (κ3) is 3.95. The van der Waals surface area contributed by atoms with E-state index in [9.17, 15) is 4.79 Å². The molecule has 3 rings (SSSR count). The topological polar surface area (TPSA) is 73.0 Å². The number of aryl methyl sites for hydroxylation is 2. The van der Waals surface area contributed by atoms with E-state index in [-0.39, 0.29) is 5.91 Å². The summed E-state index contributed by atoms with van der Waals surface area (Å²) >= 11 is 0. The Hall–Kier alpha value is -2.63. The first kappa shape index (κ1) is 18.2. The van der Waals surface area contributed by atoms with Crippen molar-refractivity contribution in [3.8, 4) is 0 Å². The molecule has 0 unspecified atom stereocenters. The molecule has 1 amide bonds. The maximum atomic E-state index is 12.4. The fraction of sp³-hybridized carbons (Fsp3) is 0.450. The highest BCUT2D eigenvalue weighted by Crippen LogP contribution is 2.21. The number of amides is 1. The first-order valence-electron chi connectivity index (χ1n) is 9.03. The van der Waals surface area contributed by atoms with E-state index in [0.29, 0.717) is 24.7 Å². The van der Waals surface area contributed by atoms with Gasteiger partial charge in [0.05, 0.1) is 5.69 Å². The molecular formula is C20H26N4O2. The maximum Gasteiger partial charge on any atom is 0.224 e. The summed E-state index contributed by atoms with van der Waals surface area (Å²) in [6, 6.07) is 5.50. The zero-order chi connectivity index (χ0) is 18.8. The molecule has 0 spiro atoms. The smallest absolute Gasteiger partial charge is 0.224 e. The molecule has 0 aliphatic heterocycles. The minimum absolute atomic E-state index is 0.0139. The number of anilines is 1. The van der Waals surface area contributed by atoms with Crippen LogP contribution in [-0.2, 0) is 17.8 Å². The van der Waals surface area contributed by atoms with Crippen LogP contribution in [0.2, 0.25) is 0 Å². The number of hydrogen-bond acceptors (Lipinski definition) is 4. The Bertz CT molecular complexity index is 937. The van der Waals surface area contributed by atoms with Gasteiger partial charge < -0.3 is 9.73 Å². The number of benzene rings is 1. The fourth-order valence-corrected chi connectivity index (χ4v) is 3.20. The molecule has 26 heavy (non-hydrogen) atoms. The first-order chi connectivity index (χ1) is 12.3. The number of aromatic nitrogens is 3. The minimum Gasteiger partial charge on any atom is -0.441 e. The molecule has 1 N–H and O–H groups in total. The van der Waals surface area contributed by atoms with E-state index in [2.05, 4.69) is 36.2 Å². The molecule has 2 aromatic heterocycles. The zero-order valence-corrected chi connectivity index (χ0v) is 16.1. The van der Waals surface area contributed by atoms with Gasteiger partial charge in [-0.3, -0.25) is 9.48 Å². The van der Waals surface area contributed by atoms with E-state index < -0.39 is 0 Å². The van der Waals surface area contributed by atoms with Crippen molar-refractivity contribution >= 4 is 22.7 Å². The van der Waals surface area contributed by atoms with Gasteiger partial charge in [0.2, 0.25) is 5.91 Å². The van der Waals surface area contributed by atoms with Crippen LogP contribution in [0.25, 0.3) is 11.1 Å². The molecule has 1 aromatic carbocycles. The molecule has 0 saturated heterocycles. The van der Waals surface area contributed by atoms with Crippen LogP contribution < -0.4 is 5.32 Å². The van der Waals surface area contributed by atoms with Crippen LogP contribution in [0.4, 0.5) is 5.69 Å². The van der Waals surface area contributed by atoms with Gasteiger partial charge in [0.15, 0.2) is 11.5 Å². The van der Waals surface area contributed by atoms with Crippen LogP contribution in [0.5, 0.6) is 0 Å². The van der Waals surface area contributed by atoms with Crippen molar-refractivity contribution in [2.45, 2.75) is 54.0 Å². The summed E-state index contributed by atoms with van der Waals surface area (Å²) in [5.74, 6) is 1.15. The third-order valence-corrected chi connectivity index (χ3v) is 4.45. The Kier molecular flexibility index (Phi) is 5.11. The molecular weight excluding hydrogens is 328 g/mol. The number of hydrogen-bond donors (Lipinski definition) is 1. The minimum atomic E-state index is -0.0139. The predicted octanol–water partition coefficient (Wildman–Crippen LogP) is 4.18. The SMILES string of the molecule is Cc1nc2cc(NC(=O)CCc3c(C)nn(CC(C)C)c3C)ccc2o1.